The number of para-hydroxylation sites is 1. The highest BCUT2D eigenvalue weighted by molar-refractivity contribution is 5.55. The number of nitrogens with zero attached hydrogens (tertiary/aromatic N) is 1. The van der Waals surface area contributed by atoms with Crippen molar-refractivity contribution in [1.82, 2.24) is 0 Å². The second kappa shape index (κ2) is 5.31. The molecule has 2 heteroatoms. The molecule has 1 atom stereocenters. The van der Waals surface area contributed by atoms with Crippen molar-refractivity contribution in [3.05, 3.63) is 29.8 Å². The van der Waals surface area contributed by atoms with Crippen LogP contribution in [0.3, 0.4) is 0 Å². The maximum atomic E-state index is 6.09. The topological polar surface area (TPSA) is 29.3 Å². The van der Waals surface area contributed by atoms with E-state index in [9.17, 15) is 0 Å². The fraction of sp³-hybridized carbons (Fsp3) is 0.625. The van der Waals surface area contributed by atoms with Crippen molar-refractivity contribution in [2.75, 3.05) is 18.0 Å². The van der Waals surface area contributed by atoms with Gasteiger partial charge in [0.2, 0.25) is 0 Å². The molecule has 0 amide bonds. The minimum Gasteiger partial charge on any atom is -0.371 e. The van der Waals surface area contributed by atoms with Gasteiger partial charge in [-0.2, -0.15) is 0 Å². The molecule has 0 bridgehead atoms. The molecule has 0 aromatic heterocycles. The SMILES string of the molecule is CCC1(CC)CCN(c2ccccc2C(C)N)C1. The number of benzene rings is 1. The van der Waals surface area contributed by atoms with Crippen LogP contribution in [0, 0.1) is 5.41 Å². The zero-order chi connectivity index (χ0) is 13.2. The first-order valence-electron chi connectivity index (χ1n) is 7.21. The maximum absolute atomic E-state index is 6.09. The molecule has 18 heavy (non-hydrogen) atoms. The van der Waals surface area contributed by atoms with Crippen LogP contribution in [0.2, 0.25) is 0 Å². The van der Waals surface area contributed by atoms with Gasteiger partial charge in [-0.05, 0) is 43.2 Å². The lowest BCUT2D eigenvalue weighted by molar-refractivity contribution is 0.301. The molecule has 1 aromatic carbocycles. The van der Waals surface area contributed by atoms with Crippen molar-refractivity contribution in [2.24, 2.45) is 11.1 Å². The molecule has 0 saturated carbocycles. The van der Waals surface area contributed by atoms with Gasteiger partial charge >= 0.3 is 0 Å². The molecule has 1 aliphatic rings. The van der Waals surface area contributed by atoms with Crippen LogP contribution in [0.4, 0.5) is 5.69 Å². The number of anilines is 1. The molecule has 0 spiro atoms. The van der Waals surface area contributed by atoms with Crippen LogP contribution in [0.5, 0.6) is 0 Å². The van der Waals surface area contributed by atoms with E-state index in [1.54, 1.807) is 0 Å². The fourth-order valence-electron chi connectivity index (χ4n) is 3.13. The Labute approximate surface area is 111 Å². The molecule has 0 aliphatic carbocycles. The molecular formula is C16H26N2. The van der Waals surface area contributed by atoms with E-state index in [1.807, 2.05) is 0 Å². The molecule has 1 aromatic rings. The van der Waals surface area contributed by atoms with Crippen LogP contribution < -0.4 is 10.6 Å². The standard InChI is InChI=1S/C16H26N2/c1-4-16(5-2)10-11-18(12-16)15-9-7-6-8-14(15)13(3)17/h6-9,13H,4-5,10-12,17H2,1-3H3. The lowest BCUT2D eigenvalue weighted by atomic mass is 9.82. The van der Waals surface area contributed by atoms with Crippen molar-refractivity contribution in [3.8, 4) is 0 Å². The monoisotopic (exact) mass is 246 g/mol. The smallest absolute Gasteiger partial charge is 0.0414 e. The summed E-state index contributed by atoms with van der Waals surface area (Å²) in [5, 5.41) is 0. The second-order valence-electron chi connectivity index (χ2n) is 5.73. The van der Waals surface area contributed by atoms with E-state index >= 15 is 0 Å². The average Bonchev–Trinajstić information content (AvgIpc) is 2.83. The predicted molar refractivity (Wildman–Crippen MR) is 78.9 cm³/mol. The van der Waals surface area contributed by atoms with Gasteiger partial charge in [-0.15, -0.1) is 0 Å². The highest BCUT2D eigenvalue weighted by atomic mass is 15.2. The van der Waals surface area contributed by atoms with Gasteiger partial charge in [0.1, 0.15) is 0 Å². The summed E-state index contributed by atoms with van der Waals surface area (Å²) in [5.41, 5.74) is 9.23. The molecule has 0 radical (unpaired) electrons. The van der Waals surface area contributed by atoms with Gasteiger partial charge in [0.15, 0.2) is 0 Å². The molecule has 2 rings (SSSR count). The Morgan fingerprint density at radius 2 is 1.94 bits per heavy atom. The molecule has 1 heterocycles. The van der Waals surface area contributed by atoms with Crippen molar-refractivity contribution in [3.63, 3.8) is 0 Å². The van der Waals surface area contributed by atoms with Crippen molar-refractivity contribution in [2.45, 2.75) is 46.1 Å². The highest BCUT2D eigenvalue weighted by Crippen LogP contribution is 2.40. The Bertz CT molecular complexity index is 394. The summed E-state index contributed by atoms with van der Waals surface area (Å²) in [7, 11) is 0. The summed E-state index contributed by atoms with van der Waals surface area (Å²) >= 11 is 0. The first kappa shape index (κ1) is 13.4. The van der Waals surface area contributed by atoms with E-state index < -0.39 is 0 Å². The molecule has 1 aliphatic heterocycles. The van der Waals surface area contributed by atoms with Crippen LogP contribution in [-0.2, 0) is 0 Å². The van der Waals surface area contributed by atoms with Gasteiger partial charge in [-0.1, -0.05) is 32.0 Å². The van der Waals surface area contributed by atoms with Crippen molar-refractivity contribution in [1.29, 1.82) is 0 Å². The number of hydrogen-bond donors (Lipinski definition) is 1. The van der Waals surface area contributed by atoms with E-state index in [-0.39, 0.29) is 6.04 Å². The maximum Gasteiger partial charge on any atom is 0.0414 e. The number of rotatable bonds is 4. The lowest BCUT2D eigenvalue weighted by Gasteiger charge is -2.28. The summed E-state index contributed by atoms with van der Waals surface area (Å²) in [6.45, 7) is 9.08. The summed E-state index contributed by atoms with van der Waals surface area (Å²) in [6.07, 6.45) is 3.87. The zero-order valence-corrected chi connectivity index (χ0v) is 11.9. The molecule has 1 saturated heterocycles. The number of nitrogens with two attached hydrogens (primary N) is 1. The highest BCUT2D eigenvalue weighted by Gasteiger charge is 2.35. The quantitative estimate of drug-likeness (QED) is 0.877. The lowest BCUT2D eigenvalue weighted by Crippen LogP contribution is -2.27. The Balaban J connectivity index is 2.24. The fourth-order valence-corrected chi connectivity index (χ4v) is 3.13. The van der Waals surface area contributed by atoms with Gasteiger partial charge in [-0.3, -0.25) is 0 Å². The third-order valence-corrected chi connectivity index (χ3v) is 4.71. The van der Waals surface area contributed by atoms with Gasteiger partial charge in [-0.25, -0.2) is 0 Å². The first-order chi connectivity index (χ1) is 8.62. The zero-order valence-electron chi connectivity index (χ0n) is 11.9. The van der Waals surface area contributed by atoms with Crippen LogP contribution in [0.25, 0.3) is 0 Å². The molecule has 2 N–H and O–H groups in total. The van der Waals surface area contributed by atoms with Crippen LogP contribution in [0.15, 0.2) is 24.3 Å². The molecule has 2 nitrogen and oxygen atoms in total. The van der Waals surface area contributed by atoms with Crippen LogP contribution in [-0.4, -0.2) is 13.1 Å². The van der Waals surface area contributed by atoms with Crippen molar-refractivity contribution < 1.29 is 0 Å². The third kappa shape index (κ3) is 2.39. The third-order valence-electron chi connectivity index (χ3n) is 4.71. The summed E-state index contributed by atoms with van der Waals surface area (Å²) in [6, 6.07) is 8.71. The molecule has 1 unspecified atom stereocenters. The molecule has 100 valence electrons. The predicted octanol–water partition coefficient (Wildman–Crippen LogP) is 3.72. The summed E-state index contributed by atoms with van der Waals surface area (Å²) in [4.78, 5) is 2.53. The van der Waals surface area contributed by atoms with Crippen molar-refractivity contribution >= 4 is 5.69 Å². The van der Waals surface area contributed by atoms with Gasteiger partial charge in [0.25, 0.3) is 0 Å². The second-order valence-corrected chi connectivity index (χ2v) is 5.73. The van der Waals surface area contributed by atoms with E-state index in [1.165, 1.54) is 43.6 Å². The Morgan fingerprint density at radius 3 is 2.50 bits per heavy atom. The van der Waals surface area contributed by atoms with E-state index in [4.69, 9.17) is 5.73 Å². The Hall–Kier alpha value is -1.02. The van der Waals surface area contributed by atoms with E-state index in [0.717, 1.165) is 0 Å². The normalized spacial score (nSPS) is 20.1. The number of hydrogen-bond acceptors (Lipinski definition) is 2. The Kier molecular flexibility index (Phi) is 3.96. The van der Waals surface area contributed by atoms with Gasteiger partial charge in [0, 0.05) is 24.8 Å². The minimum absolute atomic E-state index is 0.111. The van der Waals surface area contributed by atoms with Crippen LogP contribution in [0.1, 0.15) is 51.6 Å². The summed E-state index contributed by atoms with van der Waals surface area (Å²) in [5.74, 6) is 0. The Morgan fingerprint density at radius 1 is 1.28 bits per heavy atom. The molecular weight excluding hydrogens is 220 g/mol. The van der Waals surface area contributed by atoms with Crippen LogP contribution >= 0.6 is 0 Å². The molecule has 1 fully saturated rings. The summed E-state index contributed by atoms with van der Waals surface area (Å²) < 4.78 is 0. The minimum atomic E-state index is 0.111. The van der Waals surface area contributed by atoms with E-state index in [0.29, 0.717) is 5.41 Å². The largest absolute Gasteiger partial charge is 0.371 e. The first-order valence-corrected chi connectivity index (χ1v) is 7.21. The van der Waals surface area contributed by atoms with Gasteiger partial charge < -0.3 is 10.6 Å². The average molecular weight is 246 g/mol. The van der Waals surface area contributed by atoms with Gasteiger partial charge in [0.05, 0.1) is 0 Å². The van der Waals surface area contributed by atoms with E-state index in [2.05, 4.69) is 49.9 Å².